The Balaban J connectivity index is 2.05. The number of fused-ring (bicyclic) bond motifs is 2. The second-order valence-corrected chi connectivity index (χ2v) is 8.94. The zero-order valence-corrected chi connectivity index (χ0v) is 17.1. The molecule has 2 aliphatic rings. The highest BCUT2D eigenvalue weighted by atomic mass is 16.3. The van der Waals surface area contributed by atoms with Gasteiger partial charge in [-0.2, -0.15) is 0 Å². The van der Waals surface area contributed by atoms with E-state index in [2.05, 4.69) is 40.7 Å². The van der Waals surface area contributed by atoms with E-state index in [4.69, 9.17) is 15.1 Å². The Morgan fingerprint density at radius 2 is 1.96 bits per heavy atom. The van der Waals surface area contributed by atoms with Crippen LogP contribution in [0.25, 0.3) is 11.1 Å². The average Bonchev–Trinajstić information content (AvgIpc) is 2.96. The van der Waals surface area contributed by atoms with Gasteiger partial charge in [-0.3, -0.25) is 4.79 Å². The summed E-state index contributed by atoms with van der Waals surface area (Å²) in [4.78, 5) is 16.1. The molecule has 1 aromatic carbocycles. The number of carbonyl (C=O) groups excluding carboxylic acids is 1. The monoisotopic (exact) mass is 366 g/mol. The molecule has 0 fully saturated rings. The van der Waals surface area contributed by atoms with E-state index in [1.54, 1.807) is 0 Å². The molecule has 0 saturated carbocycles. The highest BCUT2D eigenvalue weighted by Crippen LogP contribution is 2.55. The minimum Gasteiger partial charge on any atom is -0.440 e. The first-order valence-electron chi connectivity index (χ1n) is 10.2. The number of rotatable bonds is 3. The van der Waals surface area contributed by atoms with E-state index in [0.717, 1.165) is 11.1 Å². The molecular formula is C23H30N2O2. The molecule has 4 nitrogen and oxygen atoms in total. The summed E-state index contributed by atoms with van der Waals surface area (Å²) in [5.41, 5.74) is 14.1. The van der Waals surface area contributed by atoms with E-state index in [1.807, 2.05) is 0 Å². The molecule has 2 aromatic rings. The van der Waals surface area contributed by atoms with Crippen molar-refractivity contribution >= 4 is 17.0 Å². The van der Waals surface area contributed by atoms with Crippen LogP contribution in [0, 0.1) is 12.8 Å². The van der Waals surface area contributed by atoms with E-state index in [-0.39, 0.29) is 6.42 Å². The summed E-state index contributed by atoms with van der Waals surface area (Å²) in [5.74, 6) is 2.18. The maximum absolute atomic E-state index is 11.4. The van der Waals surface area contributed by atoms with Crippen molar-refractivity contribution in [3.63, 3.8) is 0 Å². The molecule has 0 bridgehead atoms. The lowest BCUT2D eigenvalue weighted by Gasteiger charge is -2.42. The van der Waals surface area contributed by atoms with Gasteiger partial charge in [0.15, 0.2) is 5.58 Å². The first kappa shape index (κ1) is 18.3. The highest BCUT2D eigenvalue weighted by Gasteiger charge is 2.40. The van der Waals surface area contributed by atoms with Crippen molar-refractivity contribution in [3.05, 3.63) is 39.8 Å². The van der Waals surface area contributed by atoms with Crippen LogP contribution < -0.4 is 5.73 Å². The van der Waals surface area contributed by atoms with Crippen molar-refractivity contribution in [2.75, 3.05) is 0 Å². The standard InChI is InChI=1S/C23H30N2O2/c1-11(2)8-15-9-13(4)16-7-6-12(3)19-21(16)20(15)14(5)22-23(19)27-18(25-22)10-17(24)26/h8,12-13,15-16H,6-7,9-10H2,1-5H3,(H2,24,26)/t12-,13-,15+,16?/m0/s1. The van der Waals surface area contributed by atoms with Gasteiger partial charge in [-0.25, -0.2) is 4.98 Å². The van der Waals surface area contributed by atoms with E-state index < -0.39 is 5.91 Å². The van der Waals surface area contributed by atoms with Crippen LogP contribution >= 0.6 is 0 Å². The Hall–Kier alpha value is -2.10. The Morgan fingerprint density at radius 1 is 1.22 bits per heavy atom. The quantitative estimate of drug-likeness (QED) is 0.756. The second-order valence-electron chi connectivity index (χ2n) is 8.94. The molecule has 1 unspecified atom stereocenters. The predicted molar refractivity (Wildman–Crippen MR) is 108 cm³/mol. The molecule has 1 heterocycles. The summed E-state index contributed by atoms with van der Waals surface area (Å²) < 4.78 is 6.12. The molecule has 0 saturated heterocycles. The molecule has 27 heavy (non-hydrogen) atoms. The number of amides is 1. The number of hydrogen-bond donors (Lipinski definition) is 1. The van der Waals surface area contributed by atoms with Crippen molar-refractivity contribution in [3.8, 4) is 0 Å². The van der Waals surface area contributed by atoms with E-state index in [9.17, 15) is 4.79 Å². The van der Waals surface area contributed by atoms with Gasteiger partial charge in [0, 0.05) is 11.5 Å². The van der Waals surface area contributed by atoms with Crippen LogP contribution in [0.15, 0.2) is 16.1 Å². The van der Waals surface area contributed by atoms with Crippen LogP contribution in [0.4, 0.5) is 0 Å². The summed E-state index contributed by atoms with van der Waals surface area (Å²) in [6.07, 6.45) is 6.10. The van der Waals surface area contributed by atoms with Crippen LogP contribution in [-0.4, -0.2) is 10.9 Å². The summed E-state index contributed by atoms with van der Waals surface area (Å²) in [6.45, 7) is 11.2. The Labute approximate surface area is 161 Å². The van der Waals surface area contributed by atoms with Gasteiger partial charge in [-0.05, 0) is 74.5 Å². The Morgan fingerprint density at radius 3 is 2.63 bits per heavy atom. The number of primary amides is 1. The smallest absolute Gasteiger partial charge is 0.226 e. The maximum atomic E-state index is 11.4. The van der Waals surface area contributed by atoms with Gasteiger partial charge in [0.25, 0.3) is 0 Å². The molecule has 4 heteroatoms. The maximum Gasteiger partial charge on any atom is 0.226 e. The minimum absolute atomic E-state index is 0.0594. The van der Waals surface area contributed by atoms with Crippen LogP contribution in [0.2, 0.25) is 0 Å². The molecule has 0 aliphatic heterocycles. The minimum atomic E-state index is -0.403. The van der Waals surface area contributed by atoms with Crippen molar-refractivity contribution < 1.29 is 9.21 Å². The lowest BCUT2D eigenvalue weighted by atomic mass is 9.62. The number of carbonyl (C=O) groups is 1. The van der Waals surface area contributed by atoms with Crippen molar-refractivity contribution in [2.45, 2.75) is 78.1 Å². The van der Waals surface area contributed by atoms with Gasteiger partial charge in [0.2, 0.25) is 11.8 Å². The van der Waals surface area contributed by atoms with Gasteiger partial charge in [-0.1, -0.05) is 25.5 Å². The molecule has 1 aromatic heterocycles. The zero-order valence-electron chi connectivity index (χ0n) is 17.1. The molecule has 0 radical (unpaired) electrons. The molecular weight excluding hydrogens is 336 g/mol. The van der Waals surface area contributed by atoms with E-state index in [1.165, 1.54) is 47.1 Å². The summed E-state index contributed by atoms with van der Waals surface area (Å²) in [7, 11) is 0. The lowest BCUT2D eigenvalue weighted by molar-refractivity contribution is -0.117. The number of aryl methyl sites for hydroxylation is 1. The fraction of sp³-hybridized carbons (Fsp3) is 0.565. The van der Waals surface area contributed by atoms with Crippen LogP contribution in [0.3, 0.4) is 0 Å². The number of nitrogens with two attached hydrogens (primary N) is 1. The number of nitrogens with zero attached hydrogens (tertiary/aromatic N) is 1. The number of benzene rings is 1. The van der Waals surface area contributed by atoms with Gasteiger partial charge in [-0.15, -0.1) is 0 Å². The van der Waals surface area contributed by atoms with Crippen molar-refractivity contribution in [2.24, 2.45) is 11.7 Å². The van der Waals surface area contributed by atoms with Crippen molar-refractivity contribution in [1.29, 1.82) is 0 Å². The molecule has 2 aliphatic carbocycles. The highest BCUT2D eigenvalue weighted by molar-refractivity contribution is 5.86. The number of hydrogen-bond acceptors (Lipinski definition) is 3. The first-order chi connectivity index (χ1) is 12.8. The SMILES string of the molecule is CC(C)=C[C@@H]1C[C@H](C)C2CC[C@H](C)c3c2c1c(C)c1nc(CC(N)=O)oc31. The van der Waals surface area contributed by atoms with Gasteiger partial charge >= 0.3 is 0 Å². The fourth-order valence-corrected chi connectivity index (χ4v) is 5.51. The number of allylic oxidation sites excluding steroid dienone is 2. The topological polar surface area (TPSA) is 69.1 Å². The van der Waals surface area contributed by atoms with E-state index >= 15 is 0 Å². The van der Waals surface area contributed by atoms with Gasteiger partial charge in [0.05, 0.1) is 0 Å². The first-order valence-corrected chi connectivity index (χ1v) is 10.2. The van der Waals surface area contributed by atoms with Crippen LogP contribution in [-0.2, 0) is 11.2 Å². The Kier molecular flexibility index (Phi) is 4.40. The normalized spacial score (nSPS) is 26.7. The van der Waals surface area contributed by atoms with Gasteiger partial charge < -0.3 is 10.2 Å². The third-order valence-corrected chi connectivity index (χ3v) is 6.57. The average molecular weight is 367 g/mol. The molecule has 4 rings (SSSR count). The zero-order chi connectivity index (χ0) is 19.5. The summed E-state index contributed by atoms with van der Waals surface area (Å²) in [6, 6.07) is 0. The third-order valence-electron chi connectivity index (χ3n) is 6.57. The lowest BCUT2D eigenvalue weighted by Crippen LogP contribution is -2.28. The van der Waals surface area contributed by atoms with Crippen LogP contribution in [0.5, 0.6) is 0 Å². The van der Waals surface area contributed by atoms with Crippen LogP contribution in [0.1, 0.15) is 92.9 Å². The van der Waals surface area contributed by atoms with Gasteiger partial charge in [0.1, 0.15) is 11.9 Å². The van der Waals surface area contributed by atoms with Crippen molar-refractivity contribution in [1.82, 2.24) is 4.98 Å². The fourth-order valence-electron chi connectivity index (χ4n) is 5.51. The summed E-state index contributed by atoms with van der Waals surface area (Å²) >= 11 is 0. The second kappa shape index (κ2) is 6.50. The summed E-state index contributed by atoms with van der Waals surface area (Å²) in [5, 5.41) is 0. The number of aromatic nitrogens is 1. The molecule has 1 amide bonds. The number of oxazole rings is 1. The molecule has 4 atom stereocenters. The Bertz CT molecular complexity index is 949. The third kappa shape index (κ3) is 2.90. The molecule has 0 spiro atoms. The predicted octanol–water partition coefficient (Wildman–Crippen LogP) is 5.23. The molecule has 144 valence electrons. The van der Waals surface area contributed by atoms with E-state index in [0.29, 0.717) is 29.6 Å². The molecule has 2 N–H and O–H groups in total. The largest absolute Gasteiger partial charge is 0.440 e.